The molecule has 142 valence electrons. The van der Waals surface area contributed by atoms with Gasteiger partial charge in [-0.2, -0.15) is 4.98 Å². The van der Waals surface area contributed by atoms with Crippen LogP contribution in [0.15, 0.2) is 10.2 Å². The Hall–Kier alpha value is -1.93. The summed E-state index contributed by atoms with van der Waals surface area (Å²) in [7, 11) is 0. The van der Waals surface area contributed by atoms with Crippen molar-refractivity contribution in [2.24, 2.45) is 11.8 Å². The highest BCUT2D eigenvalue weighted by Crippen LogP contribution is 2.21. The maximum atomic E-state index is 12.5. The molecule has 2 N–H and O–H groups in total. The lowest BCUT2D eigenvalue weighted by Gasteiger charge is -2.34. The van der Waals surface area contributed by atoms with Crippen molar-refractivity contribution in [1.82, 2.24) is 19.6 Å². The Labute approximate surface area is 156 Å². The van der Waals surface area contributed by atoms with Gasteiger partial charge in [-0.3, -0.25) is 14.0 Å². The minimum absolute atomic E-state index is 0.288. The Balaban J connectivity index is 1.60. The molecular weight excluding hydrogens is 352 g/mol. The topological polar surface area (TPSA) is 86.9 Å². The summed E-state index contributed by atoms with van der Waals surface area (Å²) in [6, 6.07) is 0. The van der Waals surface area contributed by atoms with E-state index in [9.17, 15) is 14.7 Å². The zero-order valence-corrected chi connectivity index (χ0v) is 16.3. The lowest BCUT2D eigenvalue weighted by Crippen LogP contribution is -2.40. The lowest BCUT2D eigenvalue weighted by atomic mass is 9.92. The molecule has 2 aromatic heterocycles. The van der Waals surface area contributed by atoms with Gasteiger partial charge in [-0.15, -0.1) is 11.3 Å². The molecule has 0 spiro atoms. The first-order chi connectivity index (χ1) is 12.4. The second-order valence-electron chi connectivity index (χ2n) is 7.43. The van der Waals surface area contributed by atoms with Gasteiger partial charge in [0.1, 0.15) is 0 Å². The number of nitrogens with zero attached hydrogens (tertiary/aromatic N) is 3. The molecule has 2 aromatic rings. The van der Waals surface area contributed by atoms with Gasteiger partial charge in [0, 0.05) is 30.7 Å². The molecule has 1 fully saturated rings. The van der Waals surface area contributed by atoms with Crippen LogP contribution < -0.4 is 10.9 Å². The zero-order valence-electron chi connectivity index (χ0n) is 15.5. The average molecular weight is 378 g/mol. The number of aromatic hydroxyl groups is 1. The third-order valence-electron chi connectivity index (χ3n) is 4.83. The Kier molecular flexibility index (Phi) is 5.62. The Bertz CT molecular complexity index is 850. The van der Waals surface area contributed by atoms with Crippen molar-refractivity contribution in [3.63, 3.8) is 0 Å². The van der Waals surface area contributed by atoms with Crippen LogP contribution >= 0.6 is 11.3 Å². The molecule has 0 bridgehead atoms. The van der Waals surface area contributed by atoms with E-state index in [0.29, 0.717) is 29.0 Å². The third-order valence-corrected chi connectivity index (χ3v) is 5.77. The molecule has 8 heteroatoms. The summed E-state index contributed by atoms with van der Waals surface area (Å²) in [5.41, 5.74) is -0.114. The molecule has 1 aliphatic heterocycles. The van der Waals surface area contributed by atoms with E-state index in [-0.39, 0.29) is 5.56 Å². The van der Waals surface area contributed by atoms with E-state index in [4.69, 9.17) is 0 Å². The van der Waals surface area contributed by atoms with Gasteiger partial charge in [0.05, 0.1) is 0 Å². The van der Waals surface area contributed by atoms with Gasteiger partial charge in [-0.05, 0) is 38.1 Å². The van der Waals surface area contributed by atoms with Gasteiger partial charge in [0.25, 0.3) is 11.5 Å². The van der Waals surface area contributed by atoms with E-state index >= 15 is 0 Å². The number of piperidine rings is 1. The van der Waals surface area contributed by atoms with E-state index in [1.54, 1.807) is 12.3 Å². The van der Waals surface area contributed by atoms with Crippen LogP contribution in [0.25, 0.3) is 4.96 Å². The first-order valence-corrected chi connectivity index (χ1v) is 9.95. The SMILES string of the molecule is Cc1csc2nc(O)c(C(=O)NCCCN3C[C@@H](C)C[C@H](C)C3)c(=O)n12. The number of amides is 1. The van der Waals surface area contributed by atoms with Gasteiger partial charge in [-0.25, -0.2) is 0 Å². The summed E-state index contributed by atoms with van der Waals surface area (Å²) < 4.78 is 1.36. The van der Waals surface area contributed by atoms with Crippen molar-refractivity contribution in [1.29, 1.82) is 0 Å². The maximum absolute atomic E-state index is 12.5. The van der Waals surface area contributed by atoms with Crippen molar-refractivity contribution in [3.8, 4) is 5.88 Å². The first kappa shape index (κ1) is 18.8. The number of thiazole rings is 1. The fourth-order valence-electron chi connectivity index (χ4n) is 3.84. The highest BCUT2D eigenvalue weighted by Gasteiger charge is 2.22. The number of aryl methyl sites for hydroxylation is 1. The van der Waals surface area contributed by atoms with Crippen molar-refractivity contribution >= 4 is 22.2 Å². The fourth-order valence-corrected chi connectivity index (χ4v) is 4.69. The van der Waals surface area contributed by atoms with E-state index in [2.05, 4.69) is 29.0 Å². The largest absolute Gasteiger partial charge is 0.492 e. The molecule has 1 amide bonds. The highest BCUT2D eigenvalue weighted by molar-refractivity contribution is 7.15. The summed E-state index contributed by atoms with van der Waals surface area (Å²) in [6.07, 6.45) is 2.08. The van der Waals surface area contributed by atoms with Crippen LogP contribution in [0.5, 0.6) is 5.88 Å². The summed E-state index contributed by atoms with van der Waals surface area (Å²) in [4.78, 5) is 31.7. The molecule has 1 saturated heterocycles. The van der Waals surface area contributed by atoms with Crippen LogP contribution in [0.2, 0.25) is 0 Å². The van der Waals surface area contributed by atoms with Crippen molar-refractivity contribution in [2.45, 2.75) is 33.6 Å². The third kappa shape index (κ3) is 3.91. The Morgan fingerprint density at radius 1 is 1.38 bits per heavy atom. The van der Waals surface area contributed by atoms with Gasteiger partial charge in [-0.1, -0.05) is 13.8 Å². The maximum Gasteiger partial charge on any atom is 0.275 e. The minimum Gasteiger partial charge on any atom is -0.492 e. The van der Waals surface area contributed by atoms with Gasteiger partial charge in [0.15, 0.2) is 10.5 Å². The number of nitrogens with one attached hydrogen (secondary N) is 1. The highest BCUT2D eigenvalue weighted by atomic mass is 32.1. The number of fused-ring (bicyclic) bond motifs is 1. The average Bonchev–Trinajstić information content (AvgIpc) is 2.91. The predicted octanol–water partition coefficient (Wildman–Crippen LogP) is 1.87. The normalized spacial score (nSPS) is 21.2. The molecule has 0 aliphatic carbocycles. The van der Waals surface area contributed by atoms with Crippen LogP contribution in [0.4, 0.5) is 0 Å². The summed E-state index contributed by atoms with van der Waals surface area (Å²) in [5.74, 6) is 0.336. The number of rotatable bonds is 5. The number of hydrogen-bond donors (Lipinski definition) is 2. The zero-order chi connectivity index (χ0) is 18.8. The van der Waals surface area contributed by atoms with E-state index < -0.39 is 17.3 Å². The number of carbonyl (C=O) groups is 1. The molecular formula is C18H26N4O3S. The second-order valence-corrected chi connectivity index (χ2v) is 8.26. The molecule has 7 nitrogen and oxygen atoms in total. The molecule has 0 unspecified atom stereocenters. The molecule has 0 saturated carbocycles. The number of likely N-dealkylation sites (tertiary alicyclic amines) is 1. The van der Waals surface area contributed by atoms with Crippen LogP contribution in [-0.2, 0) is 0 Å². The van der Waals surface area contributed by atoms with Crippen LogP contribution in [0.1, 0.15) is 42.7 Å². The van der Waals surface area contributed by atoms with Crippen LogP contribution in [0.3, 0.4) is 0 Å². The van der Waals surface area contributed by atoms with Crippen molar-refractivity contribution in [2.75, 3.05) is 26.2 Å². The number of carbonyl (C=O) groups excluding carboxylic acids is 1. The fraction of sp³-hybridized carbons (Fsp3) is 0.611. The lowest BCUT2D eigenvalue weighted by molar-refractivity contribution is 0.0942. The van der Waals surface area contributed by atoms with Crippen molar-refractivity contribution in [3.05, 3.63) is 27.0 Å². The smallest absolute Gasteiger partial charge is 0.275 e. The summed E-state index contributed by atoms with van der Waals surface area (Å²) in [5, 5.41) is 14.5. The molecule has 0 radical (unpaired) electrons. The number of aromatic nitrogens is 2. The first-order valence-electron chi connectivity index (χ1n) is 9.07. The minimum atomic E-state index is -0.569. The van der Waals surface area contributed by atoms with Crippen molar-refractivity contribution < 1.29 is 9.90 Å². The molecule has 0 aromatic carbocycles. The van der Waals surface area contributed by atoms with Gasteiger partial charge < -0.3 is 15.3 Å². The monoisotopic (exact) mass is 378 g/mol. The molecule has 26 heavy (non-hydrogen) atoms. The van der Waals surface area contributed by atoms with E-state index in [0.717, 1.165) is 26.1 Å². The molecule has 3 rings (SSSR count). The number of hydrogen-bond acceptors (Lipinski definition) is 6. The Morgan fingerprint density at radius 2 is 2.08 bits per heavy atom. The molecule has 3 heterocycles. The second kappa shape index (κ2) is 7.75. The van der Waals surface area contributed by atoms with E-state index in [1.165, 1.54) is 22.2 Å². The molecule has 1 aliphatic rings. The summed E-state index contributed by atoms with van der Waals surface area (Å²) in [6.45, 7) is 9.89. The van der Waals surface area contributed by atoms with Crippen LogP contribution in [-0.4, -0.2) is 51.5 Å². The van der Waals surface area contributed by atoms with Crippen LogP contribution in [0, 0.1) is 18.8 Å². The Morgan fingerprint density at radius 3 is 2.77 bits per heavy atom. The summed E-state index contributed by atoms with van der Waals surface area (Å²) >= 11 is 1.25. The predicted molar refractivity (Wildman–Crippen MR) is 102 cm³/mol. The van der Waals surface area contributed by atoms with Gasteiger partial charge >= 0.3 is 0 Å². The molecule has 2 atom stereocenters. The quantitative estimate of drug-likeness (QED) is 0.776. The van der Waals surface area contributed by atoms with E-state index in [1.807, 2.05) is 0 Å². The van der Waals surface area contributed by atoms with Gasteiger partial charge in [0.2, 0.25) is 5.88 Å². The standard InChI is InChI=1S/C18H26N4O3S/c1-11-7-12(2)9-21(8-11)6-4-5-19-15(23)14-16(24)20-18-22(17(14)25)13(3)10-26-18/h10-12,24H,4-9H2,1-3H3,(H,19,23)/t11-,12-/m0/s1.